The van der Waals surface area contributed by atoms with E-state index in [0.29, 0.717) is 12.8 Å². The SMILES string of the molecule is COc1ccc2c(c1)CC(N)(C(=O)O)C2. The topological polar surface area (TPSA) is 72.5 Å². The maximum atomic E-state index is 11.0. The molecule has 1 aromatic carbocycles. The molecule has 0 fully saturated rings. The summed E-state index contributed by atoms with van der Waals surface area (Å²) in [7, 11) is 1.59. The molecule has 2 rings (SSSR count). The van der Waals surface area contributed by atoms with Gasteiger partial charge in [0.1, 0.15) is 11.3 Å². The van der Waals surface area contributed by atoms with E-state index in [9.17, 15) is 4.79 Å². The number of methoxy groups -OCH3 is 1. The molecule has 0 aromatic heterocycles. The summed E-state index contributed by atoms with van der Waals surface area (Å²) in [6.45, 7) is 0. The van der Waals surface area contributed by atoms with Crippen LogP contribution in [0.15, 0.2) is 18.2 Å². The number of aliphatic carboxylic acids is 1. The Morgan fingerprint density at radius 3 is 2.73 bits per heavy atom. The molecule has 0 spiro atoms. The molecular formula is C11H13NO3. The Balaban J connectivity index is 2.35. The van der Waals surface area contributed by atoms with Crippen molar-refractivity contribution < 1.29 is 14.6 Å². The lowest BCUT2D eigenvalue weighted by molar-refractivity contribution is -0.142. The van der Waals surface area contributed by atoms with Crippen molar-refractivity contribution in [3.05, 3.63) is 29.3 Å². The van der Waals surface area contributed by atoms with Crippen LogP contribution >= 0.6 is 0 Å². The average molecular weight is 207 g/mol. The molecule has 4 heteroatoms. The molecule has 3 N–H and O–H groups in total. The zero-order valence-electron chi connectivity index (χ0n) is 8.49. The number of hydrogen-bond donors (Lipinski definition) is 2. The number of hydrogen-bond acceptors (Lipinski definition) is 3. The standard InChI is InChI=1S/C11H13NO3/c1-15-9-3-2-7-5-11(12,10(13)14)6-8(7)4-9/h2-4H,5-6,12H2,1H3,(H,13,14). The van der Waals surface area contributed by atoms with Crippen molar-refractivity contribution in [3.8, 4) is 5.75 Å². The van der Waals surface area contributed by atoms with Gasteiger partial charge in [-0.25, -0.2) is 0 Å². The first kappa shape index (κ1) is 9.98. The third kappa shape index (κ3) is 1.57. The van der Waals surface area contributed by atoms with E-state index in [0.717, 1.165) is 16.9 Å². The van der Waals surface area contributed by atoms with Crippen molar-refractivity contribution in [1.29, 1.82) is 0 Å². The molecular weight excluding hydrogens is 194 g/mol. The Morgan fingerprint density at radius 1 is 1.47 bits per heavy atom. The highest BCUT2D eigenvalue weighted by Crippen LogP contribution is 2.31. The van der Waals surface area contributed by atoms with E-state index in [4.69, 9.17) is 15.6 Å². The van der Waals surface area contributed by atoms with E-state index in [-0.39, 0.29) is 0 Å². The maximum Gasteiger partial charge on any atom is 0.324 e. The van der Waals surface area contributed by atoms with Gasteiger partial charge < -0.3 is 15.6 Å². The van der Waals surface area contributed by atoms with Crippen LogP contribution in [0, 0.1) is 0 Å². The maximum absolute atomic E-state index is 11.0. The van der Waals surface area contributed by atoms with Gasteiger partial charge in [0.2, 0.25) is 0 Å². The number of carboxylic acids is 1. The summed E-state index contributed by atoms with van der Waals surface area (Å²) in [6.07, 6.45) is 0.760. The first-order valence-electron chi connectivity index (χ1n) is 4.73. The van der Waals surface area contributed by atoms with Crippen molar-refractivity contribution in [1.82, 2.24) is 0 Å². The van der Waals surface area contributed by atoms with Gasteiger partial charge in [-0.05, 0) is 23.3 Å². The van der Waals surface area contributed by atoms with E-state index < -0.39 is 11.5 Å². The van der Waals surface area contributed by atoms with E-state index >= 15 is 0 Å². The molecule has 80 valence electrons. The van der Waals surface area contributed by atoms with Crippen LogP contribution in [0.5, 0.6) is 5.75 Å². The molecule has 1 aliphatic carbocycles. The van der Waals surface area contributed by atoms with Crippen molar-refractivity contribution in [2.24, 2.45) is 5.73 Å². The van der Waals surface area contributed by atoms with Gasteiger partial charge in [0.05, 0.1) is 7.11 Å². The zero-order chi connectivity index (χ0) is 11.1. The van der Waals surface area contributed by atoms with Gasteiger partial charge >= 0.3 is 5.97 Å². The van der Waals surface area contributed by atoms with E-state index in [1.807, 2.05) is 18.2 Å². The second-order valence-electron chi connectivity index (χ2n) is 3.95. The fourth-order valence-corrected chi connectivity index (χ4v) is 1.96. The fourth-order valence-electron chi connectivity index (χ4n) is 1.96. The molecule has 1 aliphatic rings. The summed E-state index contributed by atoms with van der Waals surface area (Å²) in [5.74, 6) is -0.207. The third-order valence-electron chi connectivity index (χ3n) is 2.85. The monoisotopic (exact) mass is 207 g/mol. The Hall–Kier alpha value is -1.55. The summed E-state index contributed by atoms with van der Waals surface area (Å²) in [4.78, 5) is 11.0. The highest BCUT2D eigenvalue weighted by molar-refractivity contribution is 5.81. The largest absolute Gasteiger partial charge is 0.497 e. The first-order chi connectivity index (χ1) is 7.05. The van der Waals surface area contributed by atoms with Gasteiger partial charge in [-0.3, -0.25) is 4.79 Å². The number of fused-ring (bicyclic) bond motifs is 1. The lowest BCUT2D eigenvalue weighted by Crippen LogP contribution is -2.48. The zero-order valence-corrected chi connectivity index (χ0v) is 8.49. The molecule has 15 heavy (non-hydrogen) atoms. The normalized spacial score (nSPS) is 23.6. The highest BCUT2D eigenvalue weighted by Gasteiger charge is 2.40. The van der Waals surface area contributed by atoms with Crippen LogP contribution in [0.4, 0.5) is 0 Å². The number of nitrogens with two attached hydrogens (primary N) is 1. The quantitative estimate of drug-likeness (QED) is 0.743. The van der Waals surface area contributed by atoms with Gasteiger partial charge in [-0.1, -0.05) is 6.07 Å². The minimum absolute atomic E-state index is 0.370. The molecule has 1 aromatic rings. The summed E-state index contributed by atoms with van der Waals surface area (Å²) >= 11 is 0. The van der Waals surface area contributed by atoms with Crippen LogP contribution < -0.4 is 10.5 Å². The summed E-state index contributed by atoms with van der Waals surface area (Å²) in [5, 5.41) is 9.01. The summed E-state index contributed by atoms with van der Waals surface area (Å²) < 4.78 is 5.08. The second kappa shape index (κ2) is 3.24. The Kier molecular flexibility index (Phi) is 2.16. The Morgan fingerprint density at radius 2 is 2.13 bits per heavy atom. The molecule has 0 saturated carbocycles. The molecule has 0 bridgehead atoms. The molecule has 0 saturated heterocycles. The van der Waals surface area contributed by atoms with Crippen LogP contribution in [-0.2, 0) is 17.6 Å². The number of carbonyl (C=O) groups is 1. The predicted octanol–water partition coefficient (Wildman–Crippen LogP) is 0.576. The van der Waals surface area contributed by atoms with Gasteiger partial charge in [0.25, 0.3) is 0 Å². The van der Waals surface area contributed by atoms with Gasteiger partial charge in [0, 0.05) is 12.8 Å². The lowest BCUT2D eigenvalue weighted by Gasteiger charge is -2.16. The molecule has 0 aliphatic heterocycles. The number of ether oxygens (including phenoxy) is 1. The lowest BCUT2D eigenvalue weighted by atomic mass is 9.98. The molecule has 0 amide bonds. The average Bonchev–Trinajstić information content (AvgIpc) is 2.54. The van der Waals surface area contributed by atoms with E-state index in [1.165, 1.54) is 0 Å². The van der Waals surface area contributed by atoms with Crippen molar-refractivity contribution in [2.45, 2.75) is 18.4 Å². The summed E-state index contributed by atoms with van der Waals surface area (Å²) in [5.41, 5.74) is 6.63. The third-order valence-corrected chi connectivity index (χ3v) is 2.85. The minimum Gasteiger partial charge on any atom is -0.497 e. The molecule has 0 radical (unpaired) electrons. The van der Waals surface area contributed by atoms with Crippen LogP contribution in [0.25, 0.3) is 0 Å². The predicted molar refractivity (Wildman–Crippen MR) is 55.0 cm³/mol. The van der Waals surface area contributed by atoms with Gasteiger partial charge in [-0.15, -0.1) is 0 Å². The van der Waals surface area contributed by atoms with Crippen LogP contribution in [0.1, 0.15) is 11.1 Å². The van der Waals surface area contributed by atoms with Crippen LogP contribution in [-0.4, -0.2) is 23.7 Å². The van der Waals surface area contributed by atoms with Gasteiger partial charge in [-0.2, -0.15) is 0 Å². The number of carboxylic acid groups (broad SMARTS) is 1. The van der Waals surface area contributed by atoms with Crippen LogP contribution in [0.3, 0.4) is 0 Å². The van der Waals surface area contributed by atoms with Crippen molar-refractivity contribution in [2.75, 3.05) is 7.11 Å². The molecule has 0 heterocycles. The van der Waals surface area contributed by atoms with E-state index in [2.05, 4.69) is 0 Å². The summed E-state index contributed by atoms with van der Waals surface area (Å²) in [6, 6.07) is 5.56. The minimum atomic E-state index is -1.14. The molecule has 4 nitrogen and oxygen atoms in total. The van der Waals surface area contributed by atoms with Crippen LogP contribution in [0.2, 0.25) is 0 Å². The van der Waals surface area contributed by atoms with E-state index in [1.54, 1.807) is 7.11 Å². The highest BCUT2D eigenvalue weighted by atomic mass is 16.5. The van der Waals surface area contributed by atoms with Crippen molar-refractivity contribution in [3.63, 3.8) is 0 Å². The molecule has 1 atom stereocenters. The first-order valence-corrected chi connectivity index (χ1v) is 4.73. The number of benzene rings is 1. The smallest absolute Gasteiger partial charge is 0.324 e. The van der Waals surface area contributed by atoms with Gasteiger partial charge in [0.15, 0.2) is 0 Å². The Bertz CT molecular complexity index is 416. The fraction of sp³-hybridized carbons (Fsp3) is 0.364. The second-order valence-corrected chi connectivity index (χ2v) is 3.95. The number of rotatable bonds is 2. The molecule has 1 unspecified atom stereocenters. The Labute approximate surface area is 87.7 Å². The van der Waals surface area contributed by atoms with Crippen molar-refractivity contribution >= 4 is 5.97 Å².